The number of terminal acetylenes is 1. The van der Waals surface area contributed by atoms with E-state index in [-0.39, 0.29) is 24.6 Å². The van der Waals surface area contributed by atoms with Gasteiger partial charge in [-0.3, -0.25) is 9.59 Å². The third-order valence-electron chi connectivity index (χ3n) is 1.69. The van der Waals surface area contributed by atoms with Crippen LogP contribution in [0.3, 0.4) is 0 Å². The predicted molar refractivity (Wildman–Crippen MR) is 55.1 cm³/mol. The van der Waals surface area contributed by atoms with E-state index in [1.807, 2.05) is 0 Å². The molecule has 0 bridgehead atoms. The third-order valence-corrected chi connectivity index (χ3v) is 1.69. The lowest BCUT2D eigenvalue weighted by atomic mass is 10.3. The zero-order chi connectivity index (χ0) is 11.3. The van der Waals surface area contributed by atoms with E-state index in [0.29, 0.717) is 0 Å². The van der Waals surface area contributed by atoms with Gasteiger partial charge in [0.15, 0.2) is 0 Å². The van der Waals surface area contributed by atoms with E-state index in [4.69, 9.17) is 6.42 Å². The summed E-state index contributed by atoms with van der Waals surface area (Å²) >= 11 is 0. The lowest BCUT2D eigenvalue weighted by molar-refractivity contribution is -0.121. The van der Waals surface area contributed by atoms with Crippen molar-refractivity contribution in [2.75, 3.05) is 6.54 Å². The van der Waals surface area contributed by atoms with E-state index in [0.717, 1.165) is 10.2 Å². The van der Waals surface area contributed by atoms with Crippen molar-refractivity contribution >= 4 is 5.91 Å². The van der Waals surface area contributed by atoms with Gasteiger partial charge in [0, 0.05) is 6.07 Å². The molecule has 0 unspecified atom stereocenters. The number of carbonyl (C=O) groups excluding carboxylic acids is 1. The fourth-order valence-corrected chi connectivity index (χ4v) is 0.984. The van der Waals surface area contributed by atoms with Crippen molar-refractivity contribution in [1.29, 1.82) is 0 Å². The van der Waals surface area contributed by atoms with Crippen molar-refractivity contribution in [3.63, 3.8) is 0 Å². The summed E-state index contributed by atoms with van der Waals surface area (Å²) in [6, 6.07) is 1.42. The molecule has 5 heteroatoms. The Morgan fingerprint density at radius 1 is 1.73 bits per heavy atom. The van der Waals surface area contributed by atoms with Gasteiger partial charge >= 0.3 is 0 Å². The highest BCUT2D eigenvalue weighted by atomic mass is 16.2. The van der Waals surface area contributed by atoms with Gasteiger partial charge in [0.05, 0.1) is 12.7 Å². The molecule has 78 valence electrons. The first kappa shape index (κ1) is 11.0. The number of nitrogens with zero attached hydrogens (tertiary/aromatic N) is 2. The molecular weight excluding hydrogens is 194 g/mol. The Labute approximate surface area is 87.1 Å². The van der Waals surface area contributed by atoms with Gasteiger partial charge in [0.25, 0.3) is 5.56 Å². The Bertz CT molecular complexity index is 456. The number of rotatable bonds is 3. The molecule has 1 amide bonds. The summed E-state index contributed by atoms with van der Waals surface area (Å²) in [4.78, 5) is 22.5. The summed E-state index contributed by atoms with van der Waals surface area (Å²) in [5, 5.41) is 6.27. The Hall–Kier alpha value is -2.09. The van der Waals surface area contributed by atoms with Crippen LogP contribution < -0.4 is 10.9 Å². The van der Waals surface area contributed by atoms with Gasteiger partial charge in [-0.1, -0.05) is 5.92 Å². The van der Waals surface area contributed by atoms with Gasteiger partial charge in [-0.15, -0.1) is 6.42 Å². The van der Waals surface area contributed by atoms with Crippen molar-refractivity contribution in [3.05, 3.63) is 28.2 Å². The van der Waals surface area contributed by atoms with Gasteiger partial charge in [-0.2, -0.15) is 5.10 Å². The minimum Gasteiger partial charge on any atom is -0.344 e. The van der Waals surface area contributed by atoms with Crippen LogP contribution in [0.2, 0.25) is 0 Å². The van der Waals surface area contributed by atoms with Crippen LogP contribution in [0.5, 0.6) is 0 Å². The number of amides is 1. The molecule has 1 heterocycles. The molecule has 1 aromatic heterocycles. The lowest BCUT2D eigenvalue weighted by Crippen LogP contribution is -2.33. The molecule has 0 fully saturated rings. The van der Waals surface area contributed by atoms with Crippen LogP contribution in [0, 0.1) is 19.3 Å². The fraction of sp³-hybridized carbons (Fsp3) is 0.300. The highest BCUT2D eigenvalue weighted by Gasteiger charge is 2.03. The molecule has 1 rings (SSSR count). The van der Waals surface area contributed by atoms with Gasteiger partial charge in [-0.25, -0.2) is 4.68 Å². The molecule has 1 aromatic rings. The van der Waals surface area contributed by atoms with Crippen molar-refractivity contribution < 1.29 is 4.79 Å². The van der Waals surface area contributed by atoms with Crippen LogP contribution in [-0.4, -0.2) is 22.2 Å². The van der Waals surface area contributed by atoms with Crippen LogP contribution in [0.25, 0.3) is 0 Å². The quantitative estimate of drug-likeness (QED) is 0.664. The van der Waals surface area contributed by atoms with Gasteiger partial charge < -0.3 is 5.32 Å². The van der Waals surface area contributed by atoms with E-state index < -0.39 is 0 Å². The topological polar surface area (TPSA) is 64.0 Å². The van der Waals surface area contributed by atoms with Crippen molar-refractivity contribution in [1.82, 2.24) is 15.1 Å². The Morgan fingerprint density at radius 2 is 2.47 bits per heavy atom. The normalized spacial score (nSPS) is 9.33. The number of aromatic nitrogens is 2. The molecule has 0 radical (unpaired) electrons. The molecule has 0 aliphatic heterocycles. The molecule has 0 aliphatic carbocycles. The largest absolute Gasteiger partial charge is 0.344 e. The standard InChI is InChI=1S/C10H11N3O2/c1-3-4-11-9(14)7-13-10(15)5-8(2)6-12-13/h1,5-6H,4,7H2,2H3,(H,11,14). The van der Waals surface area contributed by atoms with Crippen LogP contribution in [-0.2, 0) is 11.3 Å². The van der Waals surface area contributed by atoms with E-state index in [1.165, 1.54) is 12.3 Å². The number of nitrogens with one attached hydrogen (secondary N) is 1. The molecule has 0 saturated carbocycles. The van der Waals surface area contributed by atoms with Crippen LogP contribution in [0.4, 0.5) is 0 Å². The van der Waals surface area contributed by atoms with E-state index >= 15 is 0 Å². The average molecular weight is 205 g/mol. The first-order valence-corrected chi connectivity index (χ1v) is 4.37. The van der Waals surface area contributed by atoms with Gasteiger partial charge in [0.2, 0.25) is 5.91 Å². The maximum atomic E-state index is 11.3. The highest BCUT2D eigenvalue weighted by molar-refractivity contribution is 5.75. The van der Waals surface area contributed by atoms with E-state index in [9.17, 15) is 9.59 Å². The van der Waals surface area contributed by atoms with Crippen molar-refractivity contribution in [2.45, 2.75) is 13.5 Å². The monoisotopic (exact) mass is 205 g/mol. The predicted octanol–water partition coefficient (Wildman–Crippen LogP) is -0.699. The smallest absolute Gasteiger partial charge is 0.267 e. The summed E-state index contributed by atoms with van der Waals surface area (Å²) in [6.07, 6.45) is 6.49. The minimum atomic E-state index is -0.327. The maximum absolute atomic E-state index is 11.3. The summed E-state index contributed by atoms with van der Waals surface area (Å²) in [6.45, 7) is 1.80. The molecular formula is C10H11N3O2. The van der Waals surface area contributed by atoms with E-state index in [2.05, 4.69) is 16.3 Å². The lowest BCUT2D eigenvalue weighted by Gasteiger charge is -2.03. The first-order chi connectivity index (χ1) is 7.13. The molecule has 0 atom stereocenters. The summed E-state index contributed by atoms with van der Waals surface area (Å²) in [5.74, 6) is 1.94. The van der Waals surface area contributed by atoms with Crippen LogP contribution >= 0.6 is 0 Å². The fourth-order valence-electron chi connectivity index (χ4n) is 0.984. The van der Waals surface area contributed by atoms with Gasteiger partial charge in [-0.05, 0) is 12.5 Å². The first-order valence-electron chi connectivity index (χ1n) is 4.37. The highest BCUT2D eigenvalue weighted by Crippen LogP contribution is 1.86. The second kappa shape index (κ2) is 4.96. The summed E-state index contributed by atoms with van der Waals surface area (Å²) in [7, 11) is 0. The average Bonchev–Trinajstić information content (AvgIpc) is 2.19. The summed E-state index contributed by atoms with van der Waals surface area (Å²) < 4.78 is 1.08. The second-order valence-corrected chi connectivity index (χ2v) is 3.01. The van der Waals surface area contributed by atoms with E-state index in [1.54, 1.807) is 6.92 Å². The van der Waals surface area contributed by atoms with Crippen molar-refractivity contribution in [3.8, 4) is 12.3 Å². The molecule has 0 spiro atoms. The second-order valence-electron chi connectivity index (χ2n) is 3.01. The number of hydrogen-bond donors (Lipinski definition) is 1. The Balaban J connectivity index is 2.70. The molecule has 1 N–H and O–H groups in total. The number of carbonyl (C=O) groups is 1. The molecule has 15 heavy (non-hydrogen) atoms. The number of hydrogen-bond acceptors (Lipinski definition) is 3. The SMILES string of the molecule is C#CCNC(=O)Cn1ncc(C)cc1=O. The minimum absolute atomic E-state index is 0.110. The number of aryl methyl sites for hydroxylation is 1. The zero-order valence-corrected chi connectivity index (χ0v) is 8.36. The van der Waals surface area contributed by atoms with Gasteiger partial charge in [0.1, 0.15) is 6.54 Å². The van der Waals surface area contributed by atoms with Crippen molar-refractivity contribution in [2.24, 2.45) is 0 Å². The molecule has 5 nitrogen and oxygen atoms in total. The third kappa shape index (κ3) is 3.27. The Morgan fingerprint density at radius 3 is 3.07 bits per heavy atom. The van der Waals surface area contributed by atoms with Crippen LogP contribution in [0.15, 0.2) is 17.1 Å². The molecule has 0 saturated heterocycles. The molecule has 0 aliphatic rings. The zero-order valence-electron chi connectivity index (χ0n) is 8.36. The summed E-state index contributed by atoms with van der Waals surface area (Å²) in [5.41, 5.74) is 0.464. The maximum Gasteiger partial charge on any atom is 0.267 e. The van der Waals surface area contributed by atoms with Crippen LogP contribution in [0.1, 0.15) is 5.56 Å². The molecule has 0 aromatic carbocycles. The Kier molecular flexibility index (Phi) is 3.63.